The average molecular weight is 333 g/mol. The van der Waals surface area contributed by atoms with Gasteiger partial charge in [0.1, 0.15) is 0 Å². The van der Waals surface area contributed by atoms with Crippen LogP contribution < -0.4 is 0 Å². The van der Waals surface area contributed by atoms with Crippen LogP contribution in [-0.2, 0) is 11.3 Å². The summed E-state index contributed by atoms with van der Waals surface area (Å²) in [6, 6.07) is 19.2. The Morgan fingerprint density at radius 2 is 1.68 bits per heavy atom. The molecule has 0 bridgehead atoms. The van der Waals surface area contributed by atoms with Crippen molar-refractivity contribution in [3.8, 4) is 0 Å². The van der Waals surface area contributed by atoms with Gasteiger partial charge in [-0.15, -0.1) is 0 Å². The van der Waals surface area contributed by atoms with E-state index in [1.165, 1.54) is 0 Å². The minimum atomic E-state index is -0.0162. The summed E-state index contributed by atoms with van der Waals surface area (Å²) in [5.74, 6) is 0.273. The van der Waals surface area contributed by atoms with Gasteiger partial charge in [0.2, 0.25) is 5.91 Å². The third-order valence-corrected chi connectivity index (χ3v) is 4.57. The molecule has 2 aromatic carbocycles. The van der Waals surface area contributed by atoms with Crippen LogP contribution in [0.5, 0.6) is 0 Å². The highest BCUT2D eigenvalue weighted by molar-refractivity contribution is 6.05. The Morgan fingerprint density at radius 1 is 1.04 bits per heavy atom. The zero-order valence-electron chi connectivity index (χ0n) is 14.5. The van der Waals surface area contributed by atoms with Crippen molar-refractivity contribution in [1.29, 1.82) is 0 Å². The Kier molecular flexibility index (Phi) is 5.44. The molecule has 1 amide bonds. The maximum absolute atomic E-state index is 13.0. The fourth-order valence-corrected chi connectivity index (χ4v) is 3.15. The highest BCUT2D eigenvalue weighted by atomic mass is 16.2. The molecule has 1 atom stereocenters. The SMILES string of the molecule is CC1C=C(CC(=O)c2ccccc2)C(=O)N(Cc2ccccc2)CC1. The van der Waals surface area contributed by atoms with Crippen LogP contribution in [0.15, 0.2) is 72.3 Å². The van der Waals surface area contributed by atoms with Gasteiger partial charge in [-0.3, -0.25) is 9.59 Å². The van der Waals surface area contributed by atoms with Crippen LogP contribution in [0.3, 0.4) is 0 Å². The van der Waals surface area contributed by atoms with Gasteiger partial charge in [0.15, 0.2) is 5.78 Å². The van der Waals surface area contributed by atoms with Crippen molar-refractivity contribution in [2.75, 3.05) is 6.54 Å². The number of rotatable bonds is 5. The number of carbonyl (C=O) groups excluding carboxylic acids is 2. The Labute approximate surface area is 149 Å². The predicted molar refractivity (Wildman–Crippen MR) is 99.1 cm³/mol. The van der Waals surface area contributed by atoms with Crippen molar-refractivity contribution in [3.05, 3.63) is 83.4 Å². The second kappa shape index (κ2) is 7.93. The molecule has 0 saturated carbocycles. The Morgan fingerprint density at radius 3 is 2.36 bits per heavy atom. The van der Waals surface area contributed by atoms with Gasteiger partial charge in [-0.1, -0.05) is 73.7 Å². The molecule has 1 aliphatic rings. The molecule has 1 aliphatic heterocycles. The first-order valence-corrected chi connectivity index (χ1v) is 8.75. The fourth-order valence-electron chi connectivity index (χ4n) is 3.15. The van der Waals surface area contributed by atoms with Crippen molar-refractivity contribution >= 4 is 11.7 Å². The molecule has 0 N–H and O–H groups in total. The second-order valence-electron chi connectivity index (χ2n) is 6.64. The molecule has 2 aromatic rings. The van der Waals surface area contributed by atoms with E-state index in [2.05, 4.69) is 6.92 Å². The lowest BCUT2D eigenvalue weighted by Gasteiger charge is -2.22. The van der Waals surface area contributed by atoms with Crippen LogP contribution in [0.25, 0.3) is 0 Å². The van der Waals surface area contributed by atoms with Gasteiger partial charge in [0, 0.05) is 30.6 Å². The average Bonchev–Trinajstić information content (AvgIpc) is 2.77. The number of hydrogen-bond donors (Lipinski definition) is 0. The smallest absolute Gasteiger partial charge is 0.250 e. The molecule has 0 aromatic heterocycles. The summed E-state index contributed by atoms with van der Waals surface area (Å²) in [6.45, 7) is 3.41. The van der Waals surface area contributed by atoms with E-state index in [1.807, 2.05) is 59.5 Å². The molecule has 3 rings (SSSR count). The summed E-state index contributed by atoms with van der Waals surface area (Å²) in [7, 11) is 0. The molecule has 0 spiro atoms. The molecule has 1 heterocycles. The minimum absolute atomic E-state index is 0.00559. The van der Waals surface area contributed by atoms with Gasteiger partial charge >= 0.3 is 0 Å². The van der Waals surface area contributed by atoms with Crippen LogP contribution >= 0.6 is 0 Å². The van der Waals surface area contributed by atoms with Gasteiger partial charge < -0.3 is 4.90 Å². The van der Waals surface area contributed by atoms with E-state index < -0.39 is 0 Å². The van der Waals surface area contributed by atoms with Gasteiger partial charge in [-0.05, 0) is 17.9 Å². The van der Waals surface area contributed by atoms with E-state index >= 15 is 0 Å². The third-order valence-electron chi connectivity index (χ3n) is 4.57. The predicted octanol–water partition coefficient (Wildman–Crippen LogP) is 4.25. The lowest BCUT2D eigenvalue weighted by atomic mass is 9.99. The van der Waals surface area contributed by atoms with Crippen LogP contribution in [0.2, 0.25) is 0 Å². The van der Waals surface area contributed by atoms with Gasteiger partial charge in [-0.2, -0.15) is 0 Å². The number of ketones is 1. The molecular weight excluding hydrogens is 310 g/mol. The van der Waals surface area contributed by atoms with Crippen LogP contribution in [0.4, 0.5) is 0 Å². The van der Waals surface area contributed by atoms with E-state index in [9.17, 15) is 9.59 Å². The largest absolute Gasteiger partial charge is 0.335 e. The summed E-state index contributed by atoms with van der Waals surface area (Å²) in [6.07, 6.45) is 3.06. The summed E-state index contributed by atoms with van der Waals surface area (Å²) >= 11 is 0. The van der Waals surface area contributed by atoms with Crippen molar-refractivity contribution in [1.82, 2.24) is 4.90 Å². The Bertz CT molecular complexity index is 765. The van der Waals surface area contributed by atoms with E-state index in [1.54, 1.807) is 12.1 Å². The third kappa shape index (κ3) is 4.44. The molecule has 0 fully saturated rings. The summed E-state index contributed by atoms with van der Waals surface area (Å²) in [4.78, 5) is 27.4. The molecule has 0 saturated heterocycles. The van der Waals surface area contributed by atoms with Crippen molar-refractivity contribution in [2.24, 2.45) is 5.92 Å². The second-order valence-corrected chi connectivity index (χ2v) is 6.64. The molecule has 3 heteroatoms. The number of Topliss-reactive ketones (excluding diaryl/α,β-unsaturated/α-hetero) is 1. The van der Waals surface area contributed by atoms with Crippen molar-refractivity contribution in [2.45, 2.75) is 26.3 Å². The van der Waals surface area contributed by atoms with Crippen LogP contribution in [0, 0.1) is 5.92 Å². The summed E-state index contributed by atoms with van der Waals surface area (Å²) < 4.78 is 0. The van der Waals surface area contributed by atoms with E-state index in [4.69, 9.17) is 0 Å². The topological polar surface area (TPSA) is 37.4 Å². The van der Waals surface area contributed by atoms with Crippen molar-refractivity contribution in [3.63, 3.8) is 0 Å². The zero-order chi connectivity index (χ0) is 17.6. The number of allylic oxidation sites excluding steroid dienone is 1. The van der Waals surface area contributed by atoms with Crippen LogP contribution in [0.1, 0.15) is 35.7 Å². The quantitative estimate of drug-likeness (QED) is 0.767. The number of amides is 1. The molecule has 1 unspecified atom stereocenters. The lowest BCUT2D eigenvalue weighted by molar-refractivity contribution is -0.127. The summed E-state index contributed by atoms with van der Waals surface area (Å²) in [5.41, 5.74) is 2.39. The van der Waals surface area contributed by atoms with Gasteiger partial charge in [-0.25, -0.2) is 0 Å². The Balaban J connectivity index is 1.77. The maximum Gasteiger partial charge on any atom is 0.250 e. The molecule has 0 radical (unpaired) electrons. The van der Waals surface area contributed by atoms with E-state index in [0.29, 0.717) is 30.1 Å². The molecule has 3 nitrogen and oxygen atoms in total. The standard InChI is InChI=1S/C22H23NO2/c1-17-12-13-23(16-18-8-4-2-5-9-18)22(25)20(14-17)15-21(24)19-10-6-3-7-11-19/h2-11,14,17H,12-13,15-16H2,1H3. The highest BCUT2D eigenvalue weighted by Crippen LogP contribution is 2.22. The normalized spacial score (nSPS) is 17.8. The minimum Gasteiger partial charge on any atom is -0.335 e. The number of hydrogen-bond acceptors (Lipinski definition) is 2. The first kappa shape index (κ1) is 17.2. The first-order valence-electron chi connectivity index (χ1n) is 8.75. The summed E-state index contributed by atoms with van der Waals surface area (Å²) in [5, 5.41) is 0. The fraction of sp³-hybridized carbons (Fsp3) is 0.273. The molecule has 25 heavy (non-hydrogen) atoms. The molecule has 128 valence electrons. The van der Waals surface area contributed by atoms with E-state index in [0.717, 1.165) is 12.0 Å². The van der Waals surface area contributed by atoms with Crippen LogP contribution in [-0.4, -0.2) is 23.1 Å². The van der Waals surface area contributed by atoms with E-state index in [-0.39, 0.29) is 18.1 Å². The lowest BCUT2D eigenvalue weighted by Crippen LogP contribution is -2.32. The highest BCUT2D eigenvalue weighted by Gasteiger charge is 2.25. The molecule has 0 aliphatic carbocycles. The van der Waals surface area contributed by atoms with Crippen molar-refractivity contribution < 1.29 is 9.59 Å². The zero-order valence-corrected chi connectivity index (χ0v) is 14.5. The maximum atomic E-state index is 13.0. The number of benzene rings is 2. The van der Waals surface area contributed by atoms with Gasteiger partial charge in [0.25, 0.3) is 0 Å². The first-order chi connectivity index (χ1) is 12.1. The monoisotopic (exact) mass is 333 g/mol. The van der Waals surface area contributed by atoms with Gasteiger partial charge in [0.05, 0.1) is 0 Å². The Hall–Kier alpha value is -2.68. The molecular formula is C22H23NO2. The number of nitrogens with zero attached hydrogens (tertiary/aromatic N) is 1. The number of carbonyl (C=O) groups is 2.